The molecule has 1 heteroatoms. The predicted molar refractivity (Wildman–Crippen MR) is 127 cm³/mol. The summed E-state index contributed by atoms with van der Waals surface area (Å²) in [6.07, 6.45) is 3.39. The van der Waals surface area contributed by atoms with Crippen LogP contribution in [-0.2, 0) is 12.8 Å². The molecule has 4 aromatic carbocycles. The molecule has 29 heavy (non-hydrogen) atoms. The van der Waals surface area contributed by atoms with Crippen molar-refractivity contribution in [1.82, 2.24) is 0 Å². The van der Waals surface area contributed by atoms with Gasteiger partial charge in [-0.05, 0) is 57.9 Å². The molecule has 6 rings (SSSR count). The maximum atomic E-state index is 2.41. The molecule has 0 N–H and O–H groups in total. The van der Waals surface area contributed by atoms with E-state index < -0.39 is 0 Å². The Bertz CT molecular complexity index is 1390. The van der Waals surface area contributed by atoms with E-state index in [0.717, 1.165) is 12.8 Å². The smallest absolute Gasteiger partial charge is 0.0433 e. The summed E-state index contributed by atoms with van der Waals surface area (Å²) in [5, 5.41) is 2.80. The molecule has 0 saturated heterocycles. The molecule has 0 nitrogen and oxygen atoms in total. The Morgan fingerprint density at radius 1 is 0.690 bits per heavy atom. The number of hydrogen-bond acceptors (Lipinski definition) is 1. The van der Waals surface area contributed by atoms with Crippen molar-refractivity contribution in [2.24, 2.45) is 0 Å². The lowest BCUT2D eigenvalue weighted by Crippen LogP contribution is -1.83. The molecule has 1 aliphatic rings. The first-order chi connectivity index (χ1) is 14.3. The SMILES string of the molecule is CCCc1cccc2c1sc1c(-c3ccc4c(c3)-c3ccccc3C4)cccc12. The normalized spacial score (nSPS) is 12.4. The zero-order valence-corrected chi connectivity index (χ0v) is 17.4. The Morgan fingerprint density at radius 3 is 2.34 bits per heavy atom. The van der Waals surface area contributed by atoms with E-state index in [-0.39, 0.29) is 0 Å². The minimum atomic E-state index is 1.05. The van der Waals surface area contributed by atoms with Crippen molar-refractivity contribution in [2.45, 2.75) is 26.2 Å². The van der Waals surface area contributed by atoms with E-state index in [9.17, 15) is 0 Å². The number of rotatable bonds is 3. The Balaban J connectivity index is 1.58. The molecule has 1 aliphatic carbocycles. The third kappa shape index (κ3) is 2.58. The fourth-order valence-electron chi connectivity index (χ4n) is 4.86. The molecule has 0 saturated carbocycles. The highest BCUT2D eigenvalue weighted by molar-refractivity contribution is 7.26. The Labute approximate surface area is 175 Å². The molecule has 1 aromatic heterocycles. The van der Waals surface area contributed by atoms with E-state index >= 15 is 0 Å². The third-order valence-corrected chi connectivity index (χ3v) is 7.56. The number of aryl methyl sites for hydroxylation is 1. The lowest BCUT2D eigenvalue weighted by molar-refractivity contribution is 0.931. The molecule has 0 fully saturated rings. The van der Waals surface area contributed by atoms with E-state index in [1.165, 1.54) is 65.5 Å². The van der Waals surface area contributed by atoms with Gasteiger partial charge in [-0.2, -0.15) is 0 Å². The summed E-state index contributed by atoms with van der Waals surface area (Å²) in [6, 6.07) is 29.5. The first-order valence-electron chi connectivity index (χ1n) is 10.5. The Kier molecular flexibility index (Phi) is 3.85. The minimum Gasteiger partial charge on any atom is -0.134 e. The van der Waals surface area contributed by atoms with Gasteiger partial charge in [-0.1, -0.05) is 86.1 Å². The van der Waals surface area contributed by atoms with Crippen LogP contribution in [0.1, 0.15) is 30.0 Å². The van der Waals surface area contributed by atoms with Crippen LogP contribution in [0.15, 0.2) is 78.9 Å². The van der Waals surface area contributed by atoms with Gasteiger partial charge >= 0.3 is 0 Å². The van der Waals surface area contributed by atoms with Crippen LogP contribution in [0.4, 0.5) is 0 Å². The van der Waals surface area contributed by atoms with Gasteiger partial charge in [-0.25, -0.2) is 0 Å². The molecule has 0 radical (unpaired) electrons. The summed E-state index contributed by atoms with van der Waals surface area (Å²) in [6.45, 7) is 2.26. The number of thiophene rings is 1. The second kappa shape index (κ2) is 6.57. The Hall–Kier alpha value is -2.90. The minimum absolute atomic E-state index is 1.05. The summed E-state index contributed by atoms with van der Waals surface area (Å²) in [5.74, 6) is 0. The van der Waals surface area contributed by atoms with Gasteiger partial charge in [0.25, 0.3) is 0 Å². The van der Waals surface area contributed by atoms with E-state index in [1.807, 2.05) is 11.3 Å². The van der Waals surface area contributed by atoms with Crippen molar-refractivity contribution in [2.75, 3.05) is 0 Å². The summed E-state index contributed by atoms with van der Waals surface area (Å²) in [4.78, 5) is 0. The van der Waals surface area contributed by atoms with Crippen LogP contribution in [0.25, 0.3) is 42.4 Å². The topological polar surface area (TPSA) is 0 Å². The fourth-order valence-corrected chi connectivity index (χ4v) is 6.24. The van der Waals surface area contributed by atoms with Crippen molar-refractivity contribution in [3.63, 3.8) is 0 Å². The zero-order valence-electron chi connectivity index (χ0n) is 16.5. The molecule has 140 valence electrons. The highest BCUT2D eigenvalue weighted by Gasteiger charge is 2.19. The molecule has 1 heterocycles. The average molecular weight is 391 g/mol. The van der Waals surface area contributed by atoms with Gasteiger partial charge in [0.05, 0.1) is 0 Å². The van der Waals surface area contributed by atoms with Crippen molar-refractivity contribution in [1.29, 1.82) is 0 Å². The van der Waals surface area contributed by atoms with Gasteiger partial charge in [0, 0.05) is 20.2 Å². The van der Waals surface area contributed by atoms with Crippen molar-refractivity contribution < 1.29 is 0 Å². The van der Waals surface area contributed by atoms with E-state index in [0.29, 0.717) is 0 Å². The molecule has 0 aliphatic heterocycles. The highest BCUT2D eigenvalue weighted by atomic mass is 32.1. The van der Waals surface area contributed by atoms with Gasteiger partial charge in [0.1, 0.15) is 0 Å². The lowest BCUT2D eigenvalue weighted by atomic mass is 9.97. The van der Waals surface area contributed by atoms with Crippen LogP contribution in [0.5, 0.6) is 0 Å². The van der Waals surface area contributed by atoms with Gasteiger partial charge in [0.2, 0.25) is 0 Å². The second-order valence-electron chi connectivity index (χ2n) is 8.03. The molecule has 0 spiro atoms. The average Bonchev–Trinajstić information content (AvgIpc) is 3.32. The second-order valence-corrected chi connectivity index (χ2v) is 9.05. The van der Waals surface area contributed by atoms with E-state index in [4.69, 9.17) is 0 Å². The quantitative estimate of drug-likeness (QED) is 0.285. The number of fused-ring (bicyclic) bond motifs is 6. The van der Waals surface area contributed by atoms with Crippen LogP contribution in [0.3, 0.4) is 0 Å². The summed E-state index contributed by atoms with van der Waals surface area (Å²) >= 11 is 1.97. The molecule has 0 amide bonds. The predicted octanol–water partition coefficient (Wildman–Crippen LogP) is 8.25. The summed E-state index contributed by atoms with van der Waals surface area (Å²) in [7, 11) is 0. The molecule has 0 atom stereocenters. The first kappa shape index (κ1) is 17.0. The van der Waals surface area contributed by atoms with Crippen molar-refractivity contribution in [3.05, 3.63) is 95.6 Å². The van der Waals surface area contributed by atoms with Gasteiger partial charge in [-0.3, -0.25) is 0 Å². The third-order valence-electron chi connectivity index (χ3n) is 6.23. The van der Waals surface area contributed by atoms with Crippen LogP contribution in [-0.4, -0.2) is 0 Å². The molecule has 0 bridgehead atoms. The van der Waals surface area contributed by atoms with Crippen molar-refractivity contribution >= 4 is 31.5 Å². The standard InChI is InChI=1S/C28H22S/c1-2-7-18-9-5-12-24-25-13-6-11-23(28(25)29-27(18)24)21-15-14-20-16-19-8-3-4-10-22(19)26(20)17-21/h3-6,8-15,17H,2,7,16H2,1H3. The summed E-state index contributed by atoms with van der Waals surface area (Å²) in [5.41, 5.74) is 9.88. The largest absolute Gasteiger partial charge is 0.134 e. The highest BCUT2D eigenvalue weighted by Crippen LogP contribution is 2.44. The molecular weight excluding hydrogens is 368 g/mol. The van der Waals surface area contributed by atoms with Crippen molar-refractivity contribution in [3.8, 4) is 22.3 Å². The van der Waals surface area contributed by atoms with Gasteiger partial charge < -0.3 is 0 Å². The maximum Gasteiger partial charge on any atom is 0.0433 e. The lowest BCUT2D eigenvalue weighted by Gasteiger charge is -2.07. The Morgan fingerprint density at radius 2 is 1.45 bits per heavy atom. The zero-order chi connectivity index (χ0) is 19.4. The number of benzene rings is 4. The maximum absolute atomic E-state index is 2.41. The van der Waals surface area contributed by atoms with Crippen LogP contribution < -0.4 is 0 Å². The monoisotopic (exact) mass is 390 g/mol. The number of hydrogen-bond donors (Lipinski definition) is 0. The molecule has 0 unspecified atom stereocenters. The van der Waals surface area contributed by atoms with Crippen LogP contribution in [0, 0.1) is 0 Å². The molecular formula is C28H22S. The molecule has 5 aromatic rings. The van der Waals surface area contributed by atoms with Gasteiger partial charge in [-0.15, -0.1) is 11.3 Å². The van der Waals surface area contributed by atoms with E-state index in [1.54, 1.807) is 0 Å². The van der Waals surface area contributed by atoms with Gasteiger partial charge in [0.15, 0.2) is 0 Å². The fraction of sp³-hybridized carbons (Fsp3) is 0.143. The first-order valence-corrected chi connectivity index (χ1v) is 11.3. The van der Waals surface area contributed by atoms with E-state index in [2.05, 4.69) is 85.8 Å². The van der Waals surface area contributed by atoms with Crippen LogP contribution >= 0.6 is 11.3 Å². The van der Waals surface area contributed by atoms with Crippen LogP contribution in [0.2, 0.25) is 0 Å². The summed E-state index contributed by atoms with van der Waals surface area (Å²) < 4.78 is 2.88.